The molecule has 2 aromatic carbocycles. The highest BCUT2D eigenvalue weighted by Gasteiger charge is 2.21. The number of nitrogens with zero attached hydrogens (tertiary/aromatic N) is 2. The lowest BCUT2D eigenvalue weighted by Gasteiger charge is -2.19. The van der Waals surface area contributed by atoms with Crippen LogP contribution >= 0.6 is 35.0 Å². The van der Waals surface area contributed by atoms with Gasteiger partial charge in [-0.15, -0.1) is 5.10 Å². The number of benzene rings is 2. The van der Waals surface area contributed by atoms with Crippen molar-refractivity contribution in [3.05, 3.63) is 69.8 Å². The van der Waals surface area contributed by atoms with Gasteiger partial charge >= 0.3 is 0 Å². The third-order valence-corrected chi connectivity index (χ3v) is 6.06. The molecule has 0 bridgehead atoms. The Balaban J connectivity index is 1.55. The quantitative estimate of drug-likeness (QED) is 0.308. The van der Waals surface area contributed by atoms with Crippen LogP contribution in [0.3, 0.4) is 0 Å². The number of anilines is 1. The molecule has 1 atom stereocenters. The number of hydrogen-bond acceptors (Lipinski definition) is 5. The van der Waals surface area contributed by atoms with Gasteiger partial charge in [-0.1, -0.05) is 59.2 Å². The maximum atomic E-state index is 12.4. The van der Waals surface area contributed by atoms with Crippen molar-refractivity contribution in [1.29, 1.82) is 0 Å². The number of nitrogens with one attached hydrogen (secondary N) is 3. The van der Waals surface area contributed by atoms with Gasteiger partial charge in [-0.3, -0.25) is 4.79 Å². The first kappa shape index (κ1) is 20.6. The molecule has 0 aliphatic carbocycles. The van der Waals surface area contributed by atoms with Crippen molar-refractivity contribution in [3.8, 4) is 0 Å². The first-order chi connectivity index (χ1) is 14.5. The number of nitrogen functional groups attached to an aromatic ring is 1. The summed E-state index contributed by atoms with van der Waals surface area (Å²) >= 11 is 13.8. The van der Waals surface area contributed by atoms with Gasteiger partial charge in [0, 0.05) is 39.6 Å². The second-order valence-electron chi connectivity index (χ2n) is 6.60. The van der Waals surface area contributed by atoms with Gasteiger partial charge in [-0.2, -0.15) is 4.98 Å². The minimum Gasteiger partial charge on any atom is -0.368 e. The maximum Gasteiger partial charge on any atom is 0.230 e. The van der Waals surface area contributed by atoms with Crippen LogP contribution in [0.25, 0.3) is 10.9 Å². The van der Waals surface area contributed by atoms with Crippen molar-refractivity contribution < 1.29 is 4.79 Å². The molecule has 0 spiro atoms. The average Bonchev–Trinajstić information content (AvgIpc) is 3.34. The van der Waals surface area contributed by atoms with Crippen LogP contribution in [0.15, 0.2) is 53.8 Å². The van der Waals surface area contributed by atoms with Gasteiger partial charge in [0.05, 0.1) is 5.75 Å². The number of carbonyl (C=O) groups excluding carboxylic acids is 1. The van der Waals surface area contributed by atoms with E-state index in [4.69, 9.17) is 28.9 Å². The van der Waals surface area contributed by atoms with Crippen molar-refractivity contribution in [2.24, 2.45) is 0 Å². The third-order valence-electron chi connectivity index (χ3n) is 4.65. The lowest BCUT2D eigenvalue weighted by atomic mass is 9.90. The van der Waals surface area contributed by atoms with Crippen LogP contribution in [-0.4, -0.2) is 38.4 Å². The van der Waals surface area contributed by atoms with Gasteiger partial charge in [0.1, 0.15) is 0 Å². The molecule has 30 heavy (non-hydrogen) atoms. The van der Waals surface area contributed by atoms with Crippen molar-refractivity contribution in [1.82, 2.24) is 25.5 Å². The van der Waals surface area contributed by atoms with Gasteiger partial charge in [0.15, 0.2) is 0 Å². The molecule has 0 saturated heterocycles. The summed E-state index contributed by atoms with van der Waals surface area (Å²) in [6.07, 6.45) is 1.96. The van der Waals surface area contributed by atoms with E-state index in [1.54, 1.807) is 12.1 Å². The zero-order valence-electron chi connectivity index (χ0n) is 15.7. The fourth-order valence-corrected chi connectivity index (χ4v) is 4.45. The van der Waals surface area contributed by atoms with E-state index in [9.17, 15) is 4.79 Å². The molecule has 0 fully saturated rings. The van der Waals surface area contributed by atoms with Gasteiger partial charge in [-0.05, 0) is 29.3 Å². The Bertz CT molecular complexity index is 1190. The summed E-state index contributed by atoms with van der Waals surface area (Å²) in [5.74, 6) is 0.0960. The molecule has 1 amide bonds. The van der Waals surface area contributed by atoms with E-state index >= 15 is 0 Å². The zero-order chi connectivity index (χ0) is 21.1. The van der Waals surface area contributed by atoms with E-state index in [1.807, 2.05) is 36.5 Å². The molecule has 5 N–H and O–H groups in total. The van der Waals surface area contributed by atoms with Crippen molar-refractivity contribution in [2.75, 3.05) is 18.0 Å². The number of fused-ring (bicyclic) bond motifs is 1. The number of para-hydroxylation sites is 1. The van der Waals surface area contributed by atoms with Crippen LogP contribution in [0.5, 0.6) is 0 Å². The Morgan fingerprint density at radius 1 is 1.20 bits per heavy atom. The number of nitrogens with two attached hydrogens (primary N) is 1. The average molecular weight is 461 g/mol. The second kappa shape index (κ2) is 8.99. The van der Waals surface area contributed by atoms with Gasteiger partial charge in [0.2, 0.25) is 17.0 Å². The first-order valence-corrected chi connectivity index (χ1v) is 10.8. The number of carbonyl (C=O) groups is 1. The SMILES string of the molecule is Nc1nc(SCC(=O)NC[C@@H](c2ccc(Cl)cc2Cl)c2c[nH]c3ccccc23)n[nH]1. The Labute approximate surface area is 186 Å². The van der Waals surface area contributed by atoms with E-state index in [-0.39, 0.29) is 23.5 Å². The first-order valence-electron chi connectivity index (χ1n) is 9.09. The van der Waals surface area contributed by atoms with Crippen LogP contribution < -0.4 is 11.1 Å². The third kappa shape index (κ3) is 4.56. The summed E-state index contributed by atoms with van der Waals surface area (Å²) in [7, 11) is 0. The van der Waals surface area contributed by atoms with E-state index < -0.39 is 0 Å². The Morgan fingerprint density at radius 3 is 2.80 bits per heavy atom. The summed E-state index contributed by atoms with van der Waals surface area (Å²) in [4.78, 5) is 19.7. The number of aromatic amines is 2. The number of hydrogen-bond donors (Lipinski definition) is 4. The molecule has 4 aromatic rings. The Morgan fingerprint density at radius 2 is 2.03 bits per heavy atom. The number of thioether (sulfide) groups is 1. The van der Waals surface area contributed by atoms with Gasteiger partial charge in [0.25, 0.3) is 0 Å². The molecule has 4 rings (SSSR count). The lowest BCUT2D eigenvalue weighted by molar-refractivity contribution is -0.118. The van der Waals surface area contributed by atoms with Crippen LogP contribution in [0.4, 0.5) is 5.95 Å². The fourth-order valence-electron chi connectivity index (χ4n) is 3.27. The van der Waals surface area contributed by atoms with Crippen LogP contribution in [-0.2, 0) is 4.79 Å². The van der Waals surface area contributed by atoms with Crippen LogP contribution in [0, 0.1) is 0 Å². The number of rotatable bonds is 7. The molecule has 0 unspecified atom stereocenters. The van der Waals surface area contributed by atoms with E-state index in [2.05, 4.69) is 25.5 Å². The van der Waals surface area contributed by atoms with Gasteiger partial charge < -0.3 is 16.0 Å². The molecule has 0 aliphatic rings. The van der Waals surface area contributed by atoms with Crippen molar-refractivity contribution in [2.45, 2.75) is 11.1 Å². The molecule has 154 valence electrons. The van der Waals surface area contributed by atoms with E-state index in [1.165, 1.54) is 11.8 Å². The largest absolute Gasteiger partial charge is 0.368 e. The maximum absolute atomic E-state index is 12.4. The van der Waals surface area contributed by atoms with Crippen molar-refractivity contribution >= 4 is 57.7 Å². The molecule has 7 nitrogen and oxygen atoms in total. The topological polar surface area (TPSA) is 112 Å². The number of halogens is 2. The fraction of sp³-hybridized carbons (Fsp3) is 0.150. The van der Waals surface area contributed by atoms with E-state index in [0.29, 0.717) is 21.7 Å². The molecule has 0 saturated carbocycles. The second-order valence-corrected chi connectivity index (χ2v) is 8.39. The normalized spacial score (nSPS) is 12.2. The highest BCUT2D eigenvalue weighted by atomic mass is 35.5. The molecular formula is C20H18Cl2N6OS. The summed E-state index contributed by atoms with van der Waals surface area (Å²) in [6.45, 7) is 0.374. The number of amides is 1. The zero-order valence-corrected chi connectivity index (χ0v) is 18.0. The molecule has 0 aliphatic heterocycles. The Hall–Kier alpha value is -2.68. The minimum atomic E-state index is -0.154. The van der Waals surface area contributed by atoms with Crippen LogP contribution in [0.1, 0.15) is 17.0 Å². The molecule has 10 heteroatoms. The van der Waals surface area contributed by atoms with Crippen molar-refractivity contribution in [3.63, 3.8) is 0 Å². The number of H-pyrrole nitrogens is 2. The number of aromatic nitrogens is 4. The van der Waals surface area contributed by atoms with Gasteiger partial charge in [-0.25, -0.2) is 5.10 Å². The summed E-state index contributed by atoms with van der Waals surface area (Å²) in [5, 5.41) is 12.1. The summed E-state index contributed by atoms with van der Waals surface area (Å²) in [5.41, 5.74) is 8.46. The molecular weight excluding hydrogens is 443 g/mol. The monoisotopic (exact) mass is 460 g/mol. The lowest BCUT2D eigenvalue weighted by Crippen LogP contribution is -2.30. The standard InChI is InChI=1S/C20H18Cl2N6OS/c21-11-5-6-12(16(22)7-11)14(15-8-24-17-4-2-1-3-13(15)17)9-25-18(29)10-30-20-26-19(23)27-28-20/h1-8,14,24H,9-10H2,(H,25,29)(H3,23,26,27,28)/t14-/m0/s1. The minimum absolute atomic E-state index is 0.140. The summed E-state index contributed by atoms with van der Waals surface area (Å²) in [6, 6.07) is 13.4. The highest BCUT2D eigenvalue weighted by molar-refractivity contribution is 7.99. The Kier molecular flexibility index (Phi) is 6.17. The summed E-state index contributed by atoms with van der Waals surface area (Å²) < 4.78 is 0. The molecule has 2 heterocycles. The smallest absolute Gasteiger partial charge is 0.230 e. The highest BCUT2D eigenvalue weighted by Crippen LogP contribution is 2.35. The van der Waals surface area contributed by atoms with E-state index in [0.717, 1.165) is 22.0 Å². The predicted molar refractivity (Wildman–Crippen MR) is 121 cm³/mol. The predicted octanol–water partition coefficient (Wildman–Crippen LogP) is 4.22. The molecule has 0 radical (unpaired) electrons. The molecule has 2 aromatic heterocycles. The van der Waals surface area contributed by atoms with Crippen LogP contribution in [0.2, 0.25) is 10.0 Å².